The number of benzene rings is 1. The Morgan fingerprint density at radius 3 is 2.62 bits per heavy atom. The average Bonchev–Trinajstić information content (AvgIpc) is 2.63. The zero-order valence-corrected chi connectivity index (χ0v) is 12.1. The van der Waals surface area contributed by atoms with Crippen LogP contribution in [0.15, 0.2) is 43.9 Å². The number of rotatable bonds is 3. The van der Waals surface area contributed by atoms with E-state index in [4.69, 9.17) is 16.0 Å². The summed E-state index contributed by atoms with van der Waals surface area (Å²) >= 11 is 12.7. The first-order valence-corrected chi connectivity index (χ1v) is 6.54. The minimum atomic E-state index is 0.619. The fourth-order valence-electron chi connectivity index (χ4n) is 1.26. The standard InChI is InChI=1S/C11H8Br2ClNO/c12-8-3-4-16-11(8)6-15-10-2-1-7(14)5-9(10)13/h1-5,15H,6H2. The molecule has 0 aliphatic heterocycles. The summed E-state index contributed by atoms with van der Waals surface area (Å²) in [5.41, 5.74) is 0.979. The molecular weight excluding hydrogens is 357 g/mol. The molecule has 0 aliphatic rings. The summed E-state index contributed by atoms with van der Waals surface area (Å²) in [6, 6.07) is 7.48. The van der Waals surface area contributed by atoms with Crippen LogP contribution >= 0.6 is 43.5 Å². The van der Waals surface area contributed by atoms with Crippen LogP contribution in [-0.2, 0) is 6.54 Å². The molecule has 1 aromatic carbocycles. The van der Waals surface area contributed by atoms with Crippen molar-refractivity contribution in [2.24, 2.45) is 0 Å². The lowest BCUT2D eigenvalue weighted by molar-refractivity contribution is 0.516. The third-order valence-electron chi connectivity index (χ3n) is 2.06. The van der Waals surface area contributed by atoms with Gasteiger partial charge >= 0.3 is 0 Å². The van der Waals surface area contributed by atoms with Crippen molar-refractivity contribution in [3.8, 4) is 0 Å². The van der Waals surface area contributed by atoms with Gasteiger partial charge in [0.1, 0.15) is 5.76 Å². The molecule has 1 N–H and O–H groups in total. The summed E-state index contributed by atoms with van der Waals surface area (Å²) in [5.74, 6) is 0.863. The van der Waals surface area contributed by atoms with Crippen LogP contribution in [0.1, 0.15) is 5.76 Å². The Morgan fingerprint density at radius 1 is 1.19 bits per heavy atom. The summed E-state index contributed by atoms with van der Waals surface area (Å²) in [6.07, 6.45) is 1.65. The Bertz CT molecular complexity index is 498. The number of nitrogens with one attached hydrogen (secondary N) is 1. The Balaban J connectivity index is 2.08. The van der Waals surface area contributed by atoms with Crippen LogP contribution in [0.3, 0.4) is 0 Å². The minimum Gasteiger partial charge on any atom is -0.466 e. The Kier molecular flexibility index (Phi) is 3.95. The van der Waals surface area contributed by atoms with Crippen molar-refractivity contribution in [3.05, 3.63) is 50.3 Å². The molecule has 0 saturated carbocycles. The minimum absolute atomic E-state index is 0.619. The van der Waals surface area contributed by atoms with Gasteiger partial charge in [-0.3, -0.25) is 0 Å². The molecular formula is C11H8Br2ClNO. The molecule has 0 bridgehead atoms. The van der Waals surface area contributed by atoms with E-state index < -0.39 is 0 Å². The number of anilines is 1. The number of hydrogen-bond acceptors (Lipinski definition) is 2. The van der Waals surface area contributed by atoms with E-state index in [0.29, 0.717) is 11.6 Å². The largest absolute Gasteiger partial charge is 0.466 e. The maximum Gasteiger partial charge on any atom is 0.136 e. The van der Waals surface area contributed by atoms with Gasteiger partial charge in [-0.2, -0.15) is 0 Å². The van der Waals surface area contributed by atoms with Crippen LogP contribution in [0, 0.1) is 0 Å². The Morgan fingerprint density at radius 2 is 2.00 bits per heavy atom. The summed E-state index contributed by atoms with van der Waals surface area (Å²) in [5, 5.41) is 3.96. The lowest BCUT2D eigenvalue weighted by Gasteiger charge is -2.07. The highest BCUT2D eigenvalue weighted by Crippen LogP contribution is 2.27. The maximum atomic E-state index is 5.86. The molecule has 0 aliphatic carbocycles. The van der Waals surface area contributed by atoms with Crippen molar-refractivity contribution in [2.75, 3.05) is 5.32 Å². The fraction of sp³-hybridized carbons (Fsp3) is 0.0909. The van der Waals surface area contributed by atoms with E-state index in [1.165, 1.54) is 0 Å². The Hall–Kier alpha value is -0.450. The average molecular weight is 365 g/mol. The van der Waals surface area contributed by atoms with Crippen molar-refractivity contribution in [2.45, 2.75) is 6.54 Å². The highest BCUT2D eigenvalue weighted by molar-refractivity contribution is 9.10. The number of furan rings is 1. The van der Waals surface area contributed by atoms with E-state index in [1.54, 1.807) is 6.26 Å². The van der Waals surface area contributed by atoms with Gasteiger partial charge in [0, 0.05) is 15.2 Å². The second-order valence-electron chi connectivity index (χ2n) is 3.17. The second-order valence-corrected chi connectivity index (χ2v) is 5.31. The monoisotopic (exact) mass is 363 g/mol. The molecule has 0 radical (unpaired) electrons. The van der Waals surface area contributed by atoms with Crippen LogP contribution in [-0.4, -0.2) is 0 Å². The van der Waals surface area contributed by atoms with Gasteiger partial charge in [-0.1, -0.05) is 11.6 Å². The second kappa shape index (κ2) is 5.25. The normalized spacial score (nSPS) is 10.4. The molecule has 84 valence electrons. The molecule has 2 aromatic rings. The van der Waals surface area contributed by atoms with Crippen LogP contribution in [0.2, 0.25) is 5.02 Å². The molecule has 0 fully saturated rings. The van der Waals surface area contributed by atoms with E-state index in [0.717, 1.165) is 20.4 Å². The first-order chi connectivity index (χ1) is 7.66. The Labute approximate surface area is 115 Å². The lowest BCUT2D eigenvalue weighted by Crippen LogP contribution is -1.99. The maximum absolute atomic E-state index is 5.86. The molecule has 5 heteroatoms. The third-order valence-corrected chi connectivity index (χ3v) is 3.66. The zero-order valence-electron chi connectivity index (χ0n) is 8.14. The van der Waals surface area contributed by atoms with Crippen LogP contribution in [0.5, 0.6) is 0 Å². The van der Waals surface area contributed by atoms with Crippen LogP contribution in [0.25, 0.3) is 0 Å². The van der Waals surface area contributed by atoms with Gasteiger partial charge in [0.05, 0.1) is 17.3 Å². The van der Waals surface area contributed by atoms with Gasteiger partial charge in [-0.05, 0) is 56.1 Å². The smallest absolute Gasteiger partial charge is 0.136 e. The van der Waals surface area contributed by atoms with Crippen LogP contribution < -0.4 is 5.32 Å². The quantitative estimate of drug-likeness (QED) is 0.821. The first kappa shape index (κ1) is 12.0. The van der Waals surface area contributed by atoms with Gasteiger partial charge in [-0.15, -0.1) is 0 Å². The predicted molar refractivity (Wildman–Crippen MR) is 72.9 cm³/mol. The van der Waals surface area contributed by atoms with Crippen molar-refractivity contribution < 1.29 is 4.42 Å². The first-order valence-electron chi connectivity index (χ1n) is 4.57. The van der Waals surface area contributed by atoms with Crippen molar-refractivity contribution >= 4 is 49.1 Å². The van der Waals surface area contributed by atoms with Gasteiger partial charge in [0.15, 0.2) is 0 Å². The molecule has 1 heterocycles. The predicted octanol–water partition coefficient (Wildman–Crippen LogP) is 5.07. The van der Waals surface area contributed by atoms with E-state index in [9.17, 15) is 0 Å². The molecule has 2 nitrogen and oxygen atoms in total. The van der Waals surface area contributed by atoms with Gasteiger partial charge in [-0.25, -0.2) is 0 Å². The summed E-state index contributed by atoms with van der Waals surface area (Å²) in [4.78, 5) is 0. The van der Waals surface area contributed by atoms with Gasteiger partial charge in [0.25, 0.3) is 0 Å². The molecule has 0 spiro atoms. The topological polar surface area (TPSA) is 25.2 Å². The lowest BCUT2D eigenvalue weighted by atomic mass is 10.3. The number of hydrogen-bond donors (Lipinski definition) is 1. The van der Waals surface area contributed by atoms with Gasteiger partial charge in [0.2, 0.25) is 0 Å². The summed E-state index contributed by atoms with van der Waals surface area (Å²) in [6.45, 7) is 0.619. The van der Waals surface area contributed by atoms with E-state index in [-0.39, 0.29) is 0 Å². The SMILES string of the molecule is Clc1ccc(NCc2occc2Br)c(Br)c1. The van der Waals surface area contributed by atoms with Crippen molar-refractivity contribution in [3.63, 3.8) is 0 Å². The van der Waals surface area contributed by atoms with E-state index in [1.807, 2.05) is 24.3 Å². The van der Waals surface area contributed by atoms with Crippen molar-refractivity contribution in [1.82, 2.24) is 0 Å². The highest BCUT2D eigenvalue weighted by atomic mass is 79.9. The summed E-state index contributed by atoms with van der Waals surface area (Å²) < 4.78 is 7.19. The summed E-state index contributed by atoms with van der Waals surface area (Å²) in [7, 11) is 0. The number of halogens is 3. The zero-order chi connectivity index (χ0) is 11.5. The van der Waals surface area contributed by atoms with Crippen molar-refractivity contribution in [1.29, 1.82) is 0 Å². The van der Waals surface area contributed by atoms with Crippen LogP contribution in [0.4, 0.5) is 5.69 Å². The van der Waals surface area contributed by atoms with E-state index in [2.05, 4.69) is 37.2 Å². The molecule has 0 atom stereocenters. The molecule has 0 unspecified atom stereocenters. The third kappa shape index (κ3) is 2.81. The highest BCUT2D eigenvalue weighted by Gasteiger charge is 2.05. The fourth-order valence-corrected chi connectivity index (χ4v) is 2.42. The molecule has 0 saturated heterocycles. The van der Waals surface area contributed by atoms with E-state index >= 15 is 0 Å². The molecule has 0 amide bonds. The van der Waals surface area contributed by atoms with Gasteiger partial charge < -0.3 is 9.73 Å². The molecule has 2 rings (SSSR count). The molecule has 1 aromatic heterocycles. The molecule has 16 heavy (non-hydrogen) atoms.